The number of hydrogen-bond acceptors (Lipinski definition) is 4. The summed E-state index contributed by atoms with van der Waals surface area (Å²) in [5, 5.41) is 10.3. The van der Waals surface area contributed by atoms with Gasteiger partial charge in [0, 0.05) is 23.3 Å². The maximum absolute atomic E-state index is 13.0. The zero-order chi connectivity index (χ0) is 19.6. The van der Waals surface area contributed by atoms with Crippen LogP contribution in [0.1, 0.15) is 48.7 Å². The Hall–Kier alpha value is -2.54. The monoisotopic (exact) mass is 390 g/mol. The van der Waals surface area contributed by atoms with Gasteiger partial charge in [-0.2, -0.15) is 5.10 Å². The van der Waals surface area contributed by atoms with Crippen molar-refractivity contribution in [2.24, 2.45) is 0 Å². The molecular formula is C19H23ClN4O3. The van der Waals surface area contributed by atoms with E-state index < -0.39 is 6.04 Å². The summed E-state index contributed by atoms with van der Waals surface area (Å²) in [6, 6.07) is 6.13. The van der Waals surface area contributed by atoms with Gasteiger partial charge in [0.15, 0.2) is 5.82 Å². The molecule has 144 valence electrons. The molecule has 2 N–H and O–H groups in total. The second-order valence-electron chi connectivity index (χ2n) is 6.85. The second kappa shape index (κ2) is 8.00. The third-order valence-corrected chi connectivity index (χ3v) is 4.91. The first-order valence-electron chi connectivity index (χ1n) is 8.91. The number of nitrogens with one attached hydrogen (secondary N) is 2. The van der Waals surface area contributed by atoms with Crippen molar-refractivity contribution in [1.29, 1.82) is 0 Å². The highest BCUT2D eigenvalue weighted by Gasteiger charge is 2.36. The van der Waals surface area contributed by atoms with Crippen LogP contribution in [0.15, 0.2) is 24.3 Å². The SMILES string of the molecule is COc1ccc(Cl)cc1C(=O)N1CCCC1C(=O)Nc1cc(C(C)C)[nH]n1. The summed E-state index contributed by atoms with van der Waals surface area (Å²) in [5.41, 5.74) is 1.29. The number of hydrogen-bond donors (Lipinski definition) is 2. The quantitative estimate of drug-likeness (QED) is 0.818. The van der Waals surface area contributed by atoms with Gasteiger partial charge in [-0.3, -0.25) is 14.7 Å². The Balaban J connectivity index is 1.77. The number of nitrogens with zero attached hydrogens (tertiary/aromatic N) is 2. The van der Waals surface area contributed by atoms with Gasteiger partial charge in [-0.15, -0.1) is 0 Å². The molecule has 1 fully saturated rings. The van der Waals surface area contributed by atoms with E-state index in [1.165, 1.54) is 7.11 Å². The summed E-state index contributed by atoms with van der Waals surface area (Å²) in [5.74, 6) is 0.663. The Morgan fingerprint density at radius 2 is 2.15 bits per heavy atom. The highest BCUT2D eigenvalue weighted by Crippen LogP contribution is 2.28. The van der Waals surface area contributed by atoms with E-state index in [2.05, 4.69) is 15.5 Å². The summed E-state index contributed by atoms with van der Waals surface area (Å²) in [4.78, 5) is 27.3. The third kappa shape index (κ3) is 4.08. The molecule has 8 heteroatoms. The lowest BCUT2D eigenvalue weighted by Gasteiger charge is -2.24. The van der Waals surface area contributed by atoms with Gasteiger partial charge in [0.05, 0.1) is 12.7 Å². The largest absolute Gasteiger partial charge is 0.496 e. The summed E-state index contributed by atoms with van der Waals surface area (Å²) < 4.78 is 5.28. The van der Waals surface area contributed by atoms with Gasteiger partial charge >= 0.3 is 0 Å². The lowest BCUT2D eigenvalue weighted by atomic mass is 10.1. The lowest BCUT2D eigenvalue weighted by molar-refractivity contribution is -0.119. The Kier molecular flexibility index (Phi) is 5.70. The maximum Gasteiger partial charge on any atom is 0.258 e. The van der Waals surface area contributed by atoms with E-state index in [-0.39, 0.29) is 17.7 Å². The summed E-state index contributed by atoms with van der Waals surface area (Å²) in [6.45, 7) is 4.58. The number of halogens is 1. The minimum atomic E-state index is -0.555. The predicted octanol–water partition coefficient (Wildman–Crippen LogP) is 3.44. The first-order chi connectivity index (χ1) is 12.9. The highest BCUT2D eigenvalue weighted by molar-refractivity contribution is 6.31. The van der Waals surface area contributed by atoms with Gasteiger partial charge in [0.1, 0.15) is 11.8 Å². The molecule has 1 aliphatic heterocycles. The standard InChI is InChI=1S/C19H23ClN4O3/c1-11(2)14-10-17(23-22-14)21-18(25)15-5-4-8-24(15)19(26)13-9-12(20)6-7-16(13)27-3/h6-7,9-11,15H,4-5,8H2,1-3H3,(H2,21,22,23,25). The molecule has 1 aromatic carbocycles. The highest BCUT2D eigenvalue weighted by atomic mass is 35.5. The van der Waals surface area contributed by atoms with E-state index in [9.17, 15) is 9.59 Å². The van der Waals surface area contributed by atoms with E-state index in [0.29, 0.717) is 35.1 Å². The van der Waals surface area contributed by atoms with Crippen LogP contribution >= 0.6 is 11.6 Å². The van der Waals surface area contributed by atoms with E-state index in [1.54, 1.807) is 23.1 Å². The normalized spacial score (nSPS) is 16.6. The Bertz CT molecular complexity index is 849. The Labute approximate surface area is 163 Å². The van der Waals surface area contributed by atoms with Crippen LogP contribution in [-0.4, -0.2) is 46.6 Å². The molecule has 0 aliphatic carbocycles. The molecular weight excluding hydrogens is 368 g/mol. The Morgan fingerprint density at radius 3 is 2.81 bits per heavy atom. The average molecular weight is 391 g/mol. The smallest absolute Gasteiger partial charge is 0.258 e. The number of ether oxygens (including phenoxy) is 1. The van der Waals surface area contributed by atoms with Crippen LogP contribution in [0.5, 0.6) is 5.75 Å². The molecule has 3 rings (SSSR count). The number of H-pyrrole nitrogens is 1. The number of methoxy groups -OCH3 is 1. The molecule has 1 aromatic heterocycles. The van der Waals surface area contributed by atoms with Crippen molar-refractivity contribution in [2.45, 2.75) is 38.6 Å². The fraction of sp³-hybridized carbons (Fsp3) is 0.421. The molecule has 2 amide bonds. The van der Waals surface area contributed by atoms with E-state index in [0.717, 1.165) is 12.1 Å². The molecule has 1 saturated heterocycles. The van der Waals surface area contributed by atoms with Crippen molar-refractivity contribution >= 4 is 29.2 Å². The molecule has 7 nitrogen and oxygen atoms in total. The van der Waals surface area contributed by atoms with Crippen molar-refractivity contribution in [3.63, 3.8) is 0 Å². The summed E-state index contributed by atoms with van der Waals surface area (Å²) in [7, 11) is 1.50. The molecule has 2 aromatic rings. The van der Waals surface area contributed by atoms with E-state index in [4.69, 9.17) is 16.3 Å². The van der Waals surface area contributed by atoms with Crippen molar-refractivity contribution in [1.82, 2.24) is 15.1 Å². The fourth-order valence-electron chi connectivity index (χ4n) is 3.19. The number of carbonyl (C=O) groups is 2. The predicted molar refractivity (Wildman–Crippen MR) is 103 cm³/mol. The zero-order valence-electron chi connectivity index (χ0n) is 15.6. The van der Waals surface area contributed by atoms with E-state index in [1.807, 2.05) is 19.9 Å². The van der Waals surface area contributed by atoms with Crippen LogP contribution in [0.25, 0.3) is 0 Å². The molecule has 1 unspecified atom stereocenters. The molecule has 0 spiro atoms. The zero-order valence-corrected chi connectivity index (χ0v) is 16.3. The van der Waals surface area contributed by atoms with Crippen molar-refractivity contribution in [3.05, 3.63) is 40.5 Å². The molecule has 0 saturated carbocycles. The average Bonchev–Trinajstić information content (AvgIpc) is 3.30. The van der Waals surface area contributed by atoms with Crippen LogP contribution in [0, 0.1) is 0 Å². The van der Waals surface area contributed by atoms with Crippen molar-refractivity contribution in [2.75, 3.05) is 19.0 Å². The van der Waals surface area contributed by atoms with Crippen molar-refractivity contribution in [3.8, 4) is 5.75 Å². The molecule has 1 aliphatic rings. The number of aromatic amines is 1. The molecule has 0 bridgehead atoms. The van der Waals surface area contributed by atoms with Gasteiger partial charge in [-0.1, -0.05) is 25.4 Å². The van der Waals surface area contributed by atoms with Gasteiger partial charge in [0.25, 0.3) is 5.91 Å². The number of carbonyl (C=O) groups excluding carboxylic acids is 2. The molecule has 27 heavy (non-hydrogen) atoms. The first kappa shape index (κ1) is 19.2. The molecule has 2 heterocycles. The minimum absolute atomic E-state index is 0.247. The van der Waals surface area contributed by atoms with Crippen molar-refractivity contribution < 1.29 is 14.3 Å². The van der Waals surface area contributed by atoms with Gasteiger partial charge in [-0.05, 0) is 37.0 Å². The number of rotatable bonds is 5. The molecule has 1 atom stereocenters. The molecule has 0 radical (unpaired) electrons. The van der Waals surface area contributed by atoms with Gasteiger partial charge < -0.3 is 15.0 Å². The van der Waals surface area contributed by atoms with E-state index >= 15 is 0 Å². The number of likely N-dealkylation sites (tertiary alicyclic amines) is 1. The lowest BCUT2D eigenvalue weighted by Crippen LogP contribution is -2.43. The maximum atomic E-state index is 13.0. The van der Waals surface area contributed by atoms with Crippen LogP contribution in [0.4, 0.5) is 5.82 Å². The van der Waals surface area contributed by atoms with Gasteiger partial charge in [0.2, 0.25) is 5.91 Å². The second-order valence-corrected chi connectivity index (χ2v) is 7.29. The summed E-state index contributed by atoms with van der Waals surface area (Å²) >= 11 is 6.04. The van der Waals surface area contributed by atoms with Crippen LogP contribution in [0.2, 0.25) is 5.02 Å². The third-order valence-electron chi connectivity index (χ3n) is 4.68. The topological polar surface area (TPSA) is 87.3 Å². The van der Waals surface area contributed by atoms with Crippen LogP contribution in [0.3, 0.4) is 0 Å². The van der Waals surface area contributed by atoms with Crippen LogP contribution in [-0.2, 0) is 4.79 Å². The fourth-order valence-corrected chi connectivity index (χ4v) is 3.36. The number of anilines is 1. The minimum Gasteiger partial charge on any atom is -0.496 e. The number of aromatic nitrogens is 2. The first-order valence-corrected chi connectivity index (χ1v) is 9.29. The van der Waals surface area contributed by atoms with Crippen LogP contribution < -0.4 is 10.1 Å². The summed E-state index contributed by atoms with van der Waals surface area (Å²) in [6.07, 6.45) is 1.35. The number of benzene rings is 1. The number of amides is 2. The Morgan fingerprint density at radius 1 is 1.37 bits per heavy atom. The van der Waals surface area contributed by atoms with Gasteiger partial charge in [-0.25, -0.2) is 0 Å².